The highest BCUT2D eigenvalue weighted by atomic mass is 16.1. The zero-order valence-electron chi connectivity index (χ0n) is 11.7. The minimum Gasteiger partial charge on any atom is -0.353 e. The Labute approximate surface area is 111 Å². The molecule has 2 rings (SSSR count). The van der Waals surface area contributed by atoms with Crippen molar-refractivity contribution in [2.75, 3.05) is 6.54 Å². The van der Waals surface area contributed by atoms with Crippen LogP contribution < -0.4 is 10.6 Å². The van der Waals surface area contributed by atoms with Crippen LogP contribution in [0, 0.1) is 5.92 Å². The summed E-state index contributed by atoms with van der Waals surface area (Å²) in [5, 5.41) is 6.73. The van der Waals surface area contributed by atoms with Gasteiger partial charge in [0.15, 0.2) is 0 Å². The molecular formula is C15H28N2O. The van der Waals surface area contributed by atoms with Crippen LogP contribution in [0.25, 0.3) is 0 Å². The van der Waals surface area contributed by atoms with Crippen molar-refractivity contribution in [3.05, 3.63) is 0 Å². The minimum absolute atomic E-state index is 0.258. The number of hydrogen-bond donors (Lipinski definition) is 2. The van der Waals surface area contributed by atoms with Gasteiger partial charge >= 0.3 is 0 Å². The Kier molecular flexibility index (Phi) is 5.48. The van der Waals surface area contributed by atoms with Gasteiger partial charge in [-0.2, -0.15) is 0 Å². The highest BCUT2D eigenvalue weighted by Crippen LogP contribution is 2.23. The lowest BCUT2D eigenvalue weighted by Gasteiger charge is -2.26. The van der Waals surface area contributed by atoms with Crippen molar-refractivity contribution in [3.8, 4) is 0 Å². The lowest BCUT2D eigenvalue weighted by molar-refractivity contribution is -0.122. The van der Waals surface area contributed by atoms with E-state index in [0.717, 1.165) is 13.0 Å². The zero-order chi connectivity index (χ0) is 12.8. The van der Waals surface area contributed by atoms with Crippen molar-refractivity contribution in [2.45, 2.75) is 76.8 Å². The normalized spacial score (nSPS) is 33.7. The third-order valence-electron chi connectivity index (χ3n) is 4.55. The smallest absolute Gasteiger partial charge is 0.221 e. The topological polar surface area (TPSA) is 41.1 Å². The molecule has 0 bridgehead atoms. The number of hydrogen-bond acceptors (Lipinski definition) is 2. The van der Waals surface area contributed by atoms with Crippen LogP contribution in [0.4, 0.5) is 0 Å². The largest absolute Gasteiger partial charge is 0.353 e. The second-order valence-corrected chi connectivity index (χ2v) is 6.14. The van der Waals surface area contributed by atoms with Gasteiger partial charge in [-0.1, -0.05) is 32.6 Å². The molecule has 0 aromatic heterocycles. The Morgan fingerprint density at radius 2 is 1.89 bits per heavy atom. The molecule has 3 atom stereocenters. The SMILES string of the molecule is CC1CCCCCC1NC(=O)CC1CCCCN1. The average Bonchev–Trinajstić information content (AvgIpc) is 2.56. The number of amides is 1. The minimum atomic E-state index is 0.258. The molecular weight excluding hydrogens is 224 g/mol. The summed E-state index contributed by atoms with van der Waals surface area (Å²) in [6.45, 7) is 3.37. The van der Waals surface area contributed by atoms with Crippen LogP contribution in [0.15, 0.2) is 0 Å². The predicted molar refractivity (Wildman–Crippen MR) is 74.4 cm³/mol. The molecule has 18 heavy (non-hydrogen) atoms. The van der Waals surface area contributed by atoms with Gasteiger partial charge in [0.05, 0.1) is 0 Å². The molecule has 0 spiro atoms. The van der Waals surface area contributed by atoms with Crippen molar-refractivity contribution >= 4 is 5.91 Å². The van der Waals surface area contributed by atoms with E-state index in [1.165, 1.54) is 44.9 Å². The van der Waals surface area contributed by atoms with Gasteiger partial charge in [0.25, 0.3) is 0 Å². The van der Waals surface area contributed by atoms with Crippen LogP contribution >= 0.6 is 0 Å². The third kappa shape index (κ3) is 4.27. The Hall–Kier alpha value is -0.570. The van der Waals surface area contributed by atoms with E-state index in [2.05, 4.69) is 17.6 Å². The van der Waals surface area contributed by atoms with Gasteiger partial charge in [-0.05, 0) is 38.1 Å². The lowest BCUT2D eigenvalue weighted by atomic mass is 9.96. The molecule has 2 aliphatic rings. The number of carbonyl (C=O) groups excluding carboxylic acids is 1. The fourth-order valence-corrected chi connectivity index (χ4v) is 3.30. The van der Waals surface area contributed by atoms with Crippen molar-refractivity contribution < 1.29 is 4.79 Å². The van der Waals surface area contributed by atoms with Crippen LogP contribution in [-0.4, -0.2) is 24.5 Å². The fraction of sp³-hybridized carbons (Fsp3) is 0.933. The molecule has 1 saturated carbocycles. The number of piperidine rings is 1. The van der Waals surface area contributed by atoms with E-state index >= 15 is 0 Å². The first kappa shape index (κ1) is 13.9. The quantitative estimate of drug-likeness (QED) is 0.758. The van der Waals surface area contributed by atoms with Crippen LogP contribution in [0.2, 0.25) is 0 Å². The van der Waals surface area contributed by atoms with Crippen LogP contribution in [-0.2, 0) is 4.79 Å². The molecule has 1 heterocycles. The van der Waals surface area contributed by atoms with Crippen LogP contribution in [0.3, 0.4) is 0 Å². The Balaban J connectivity index is 1.74. The van der Waals surface area contributed by atoms with E-state index in [9.17, 15) is 4.79 Å². The maximum Gasteiger partial charge on any atom is 0.221 e. The van der Waals surface area contributed by atoms with Crippen molar-refractivity contribution in [3.63, 3.8) is 0 Å². The standard InChI is InChI=1S/C15H28N2O/c1-12-7-3-2-4-9-14(12)17-15(18)11-13-8-5-6-10-16-13/h12-14,16H,2-11H2,1H3,(H,17,18). The van der Waals surface area contributed by atoms with E-state index < -0.39 is 0 Å². The lowest BCUT2D eigenvalue weighted by Crippen LogP contribution is -2.43. The van der Waals surface area contributed by atoms with Crippen molar-refractivity contribution in [1.82, 2.24) is 10.6 Å². The van der Waals surface area contributed by atoms with E-state index in [1.807, 2.05) is 0 Å². The zero-order valence-corrected chi connectivity index (χ0v) is 11.7. The summed E-state index contributed by atoms with van der Waals surface area (Å²) in [4.78, 5) is 12.1. The second-order valence-electron chi connectivity index (χ2n) is 6.14. The summed E-state index contributed by atoms with van der Waals surface area (Å²) in [6, 6.07) is 0.837. The molecule has 0 aromatic rings. The van der Waals surface area contributed by atoms with Gasteiger partial charge < -0.3 is 10.6 Å². The monoisotopic (exact) mass is 252 g/mol. The van der Waals surface area contributed by atoms with Crippen LogP contribution in [0.1, 0.15) is 64.7 Å². The molecule has 1 aliphatic heterocycles. The summed E-state index contributed by atoms with van der Waals surface area (Å²) >= 11 is 0. The molecule has 3 nitrogen and oxygen atoms in total. The van der Waals surface area contributed by atoms with Gasteiger partial charge in [-0.15, -0.1) is 0 Å². The molecule has 3 heteroatoms. The molecule has 2 fully saturated rings. The Morgan fingerprint density at radius 3 is 2.67 bits per heavy atom. The molecule has 1 saturated heterocycles. The van der Waals surface area contributed by atoms with Gasteiger partial charge in [0, 0.05) is 18.5 Å². The summed E-state index contributed by atoms with van der Waals surface area (Å²) in [5.74, 6) is 0.906. The van der Waals surface area contributed by atoms with Gasteiger partial charge in [-0.25, -0.2) is 0 Å². The molecule has 1 aliphatic carbocycles. The number of carbonyl (C=O) groups is 1. The van der Waals surface area contributed by atoms with E-state index in [0.29, 0.717) is 24.4 Å². The predicted octanol–water partition coefficient (Wildman–Crippen LogP) is 2.60. The Bertz CT molecular complexity index is 261. The van der Waals surface area contributed by atoms with E-state index in [1.54, 1.807) is 0 Å². The molecule has 0 aromatic carbocycles. The van der Waals surface area contributed by atoms with E-state index in [-0.39, 0.29) is 5.91 Å². The van der Waals surface area contributed by atoms with Crippen LogP contribution in [0.5, 0.6) is 0 Å². The average molecular weight is 252 g/mol. The maximum absolute atomic E-state index is 12.1. The number of rotatable bonds is 3. The molecule has 2 N–H and O–H groups in total. The highest BCUT2D eigenvalue weighted by Gasteiger charge is 2.23. The fourth-order valence-electron chi connectivity index (χ4n) is 3.30. The van der Waals surface area contributed by atoms with Gasteiger partial charge in [0.1, 0.15) is 0 Å². The second kappa shape index (κ2) is 7.13. The highest BCUT2D eigenvalue weighted by molar-refractivity contribution is 5.76. The summed E-state index contributed by atoms with van der Waals surface area (Å²) in [5.41, 5.74) is 0. The summed E-state index contributed by atoms with van der Waals surface area (Å²) in [7, 11) is 0. The molecule has 3 unspecified atom stereocenters. The van der Waals surface area contributed by atoms with E-state index in [4.69, 9.17) is 0 Å². The molecule has 0 radical (unpaired) electrons. The first-order chi connectivity index (χ1) is 8.75. The number of nitrogens with one attached hydrogen (secondary N) is 2. The summed E-state index contributed by atoms with van der Waals surface area (Å²) < 4.78 is 0. The third-order valence-corrected chi connectivity index (χ3v) is 4.55. The Morgan fingerprint density at radius 1 is 1.11 bits per heavy atom. The van der Waals surface area contributed by atoms with Crippen molar-refractivity contribution in [1.29, 1.82) is 0 Å². The first-order valence-electron chi connectivity index (χ1n) is 7.78. The maximum atomic E-state index is 12.1. The van der Waals surface area contributed by atoms with Gasteiger partial charge in [0.2, 0.25) is 5.91 Å². The molecule has 104 valence electrons. The summed E-state index contributed by atoms with van der Waals surface area (Å²) in [6.07, 6.45) is 10.7. The van der Waals surface area contributed by atoms with Crippen molar-refractivity contribution in [2.24, 2.45) is 5.92 Å². The first-order valence-corrected chi connectivity index (χ1v) is 7.78. The molecule has 1 amide bonds. The van der Waals surface area contributed by atoms with Gasteiger partial charge in [-0.3, -0.25) is 4.79 Å².